The number of hydrogen-bond donors (Lipinski definition) is 1. The van der Waals surface area contributed by atoms with Crippen molar-refractivity contribution < 1.29 is 8.81 Å². The summed E-state index contributed by atoms with van der Waals surface area (Å²) >= 11 is 0. The van der Waals surface area contributed by atoms with Crippen LogP contribution in [-0.2, 0) is 0 Å². The molecule has 0 saturated carbocycles. The van der Waals surface area contributed by atoms with Crippen molar-refractivity contribution in [1.82, 2.24) is 10.2 Å². The summed E-state index contributed by atoms with van der Waals surface area (Å²) in [6.45, 7) is 5.78. The van der Waals surface area contributed by atoms with Gasteiger partial charge in [0.1, 0.15) is 11.6 Å². The van der Waals surface area contributed by atoms with Crippen LogP contribution in [0.3, 0.4) is 0 Å². The molecule has 1 fully saturated rings. The van der Waals surface area contributed by atoms with Gasteiger partial charge in [-0.05, 0) is 42.3 Å². The Bertz CT molecular complexity index is 568. The third kappa shape index (κ3) is 3.46. The predicted octanol–water partition coefficient (Wildman–Crippen LogP) is 3.14. The molecule has 2 heterocycles. The molecule has 1 aromatic carbocycles. The summed E-state index contributed by atoms with van der Waals surface area (Å²) in [6, 6.07) is 8.82. The second kappa shape index (κ2) is 7.07. The SMILES string of the molecule is Cc1ccc(F)cc1[C@@H](c1ccco1)N1CCNCC1.Cl. The fourth-order valence-corrected chi connectivity index (χ4v) is 2.82. The van der Waals surface area contributed by atoms with E-state index in [0.717, 1.165) is 43.1 Å². The van der Waals surface area contributed by atoms with Crippen LogP contribution in [0.15, 0.2) is 41.0 Å². The number of nitrogens with zero attached hydrogens (tertiary/aromatic N) is 1. The molecular weight excluding hydrogens is 291 g/mol. The molecule has 0 spiro atoms. The highest BCUT2D eigenvalue weighted by atomic mass is 35.5. The van der Waals surface area contributed by atoms with Gasteiger partial charge in [0.15, 0.2) is 0 Å². The normalized spacial score (nSPS) is 17.2. The molecule has 1 aliphatic rings. The molecule has 1 saturated heterocycles. The predicted molar refractivity (Wildman–Crippen MR) is 83.4 cm³/mol. The molecule has 21 heavy (non-hydrogen) atoms. The highest BCUT2D eigenvalue weighted by molar-refractivity contribution is 5.85. The monoisotopic (exact) mass is 310 g/mol. The van der Waals surface area contributed by atoms with Crippen molar-refractivity contribution in [3.8, 4) is 0 Å². The van der Waals surface area contributed by atoms with Gasteiger partial charge in [0.2, 0.25) is 0 Å². The molecular formula is C16H20ClFN2O. The van der Waals surface area contributed by atoms with Crippen molar-refractivity contribution in [2.45, 2.75) is 13.0 Å². The average molecular weight is 311 g/mol. The van der Waals surface area contributed by atoms with E-state index in [1.165, 1.54) is 6.07 Å². The van der Waals surface area contributed by atoms with Gasteiger partial charge in [-0.15, -0.1) is 12.4 Å². The van der Waals surface area contributed by atoms with Crippen molar-refractivity contribution >= 4 is 12.4 Å². The van der Waals surface area contributed by atoms with Crippen LogP contribution in [0.4, 0.5) is 4.39 Å². The van der Waals surface area contributed by atoms with E-state index in [9.17, 15) is 4.39 Å². The molecule has 1 aliphatic heterocycles. The fourth-order valence-electron chi connectivity index (χ4n) is 2.82. The lowest BCUT2D eigenvalue weighted by Gasteiger charge is -2.34. The van der Waals surface area contributed by atoms with E-state index < -0.39 is 0 Å². The van der Waals surface area contributed by atoms with Gasteiger partial charge in [-0.2, -0.15) is 0 Å². The van der Waals surface area contributed by atoms with E-state index in [4.69, 9.17) is 4.42 Å². The van der Waals surface area contributed by atoms with Crippen molar-refractivity contribution in [2.24, 2.45) is 0 Å². The number of rotatable bonds is 3. The Labute approximate surface area is 130 Å². The van der Waals surface area contributed by atoms with Gasteiger partial charge in [0, 0.05) is 26.2 Å². The van der Waals surface area contributed by atoms with Gasteiger partial charge in [-0.1, -0.05) is 6.07 Å². The maximum atomic E-state index is 13.7. The molecule has 3 rings (SSSR count). The van der Waals surface area contributed by atoms with Gasteiger partial charge in [0.05, 0.1) is 12.3 Å². The zero-order chi connectivity index (χ0) is 13.9. The van der Waals surface area contributed by atoms with E-state index >= 15 is 0 Å². The molecule has 1 N–H and O–H groups in total. The van der Waals surface area contributed by atoms with Crippen molar-refractivity contribution in [3.05, 3.63) is 59.3 Å². The number of hydrogen-bond acceptors (Lipinski definition) is 3. The summed E-state index contributed by atoms with van der Waals surface area (Å²) in [7, 11) is 0. The summed E-state index contributed by atoms with van der Waals surface area (Å²) in [5.74, 6) is 0.679. The Hall–Kier alpha value is -1.36. The summed E-state index contributed by atoms with van der Waals surface area (Å²) in [6.07, 6.45) is 1.68. The number of halogens is 2. The number of piperazine rings is 1. The van der Waals surface area contributed by atoms with Crippen LogP contribution >= 0.6 is 12.4 Å². The lowest BCUT2D eigenvalue weighted by atomic mass is 9.97. The Kier molecular flexibility index (Phi) is 5.39. The summed E-state index contributed by atoms with van der Waals surface area (Å²) in [4.78, 5) is 2.34. The van der Waals surface area contributed by atoms with Crippen LogP contribution in [0.25, 0.3) is 0 Å². The van der Waals surface area contributed by atoms with E-state index in [1.807, 2.05) is 25.1 Å². The van der Waals surface area contributed by atoms with E-state index in [0.29, 0.717) is 0 Å². The van der Waals surface area contributed by atoms with Crippen LogP contribution in [-0.4, -0.2) is 31.1 Å². The number of benzene rings is 1. The van der Waals surface area contributed by atoms with Crippen molar-refractivity contribution in [2.75, 3.05) is 26.2 Å². The molecule has 0 unspecified atom stereocenters. The molecule has 3 nitrogen and oxygen atoms in total. The molecule has 0 bridgehead atoms. The smallest absolute Gasteiger partial charge is 0.125 e. The van der Waals surface area contributed by atoms with Crippen LogP contribution in [0.5, 0.6) is 0 Å². The van der Waals surface area contributed by atoms with Crippen LogP contribution in [0.1, 0.15) is 22.9 Å². The highest BCUT2D eigenvalue weighted by Gasteiger charge is 2.27. The molecule has 0 amide bonds. The topological polar surface area (TPSA) is 28.4 Å². The summed E-state index contributed by atoms with van der Waals surface area (Å²) < 4.78 is 19.3. The van der Waals surface area contributed by atoms with Crippen LogP contribution in [0, 0.1) is 12.7 Å². The van der Waals surface area contributed by atoms with Crippen LogP contribution < -0.4 is 5.32 Å². The molecule has 1 atom stereocenters. The zero-order valence-corrected chi connectivity index (χ0v) is 12.8. The third-order valence-electron chi connectivity index (χ3n) is 3.87. The maximum Gasteiger partial charge on any atom is 0.125 e. The lowest BCUT2D eigenvalue weighted by molar-refractivity contribution is 0.179. The standard InChI is InChI=1S/C16H19FN2O.ClH/c1-12-4-5-13(17)11-14(12)16(15-3-2-10-20-15)19-8-6-18-7-9-19;/h2-5,10-11,16,18H,6-9H2,1H3;1H/t16-;/m0./s1. The quantitative estimate of drug-likeness (QED) is 0.944. The Morgan fingerprint density at radius 3 is 2.67 bits per heavy atom. The van der Waals surface area contributed by atoms with Gasteiger partial charge in [0.25, 0.3) is 0 Å². The molecule has 114 valence electrons. The van der Waals surface area contributed by atoms with Crippen molar-refractivity contribution in [1.29, 1.82) is 0 Å². The molecule has 1 aromatic heterocycles. The summed E-state index contributed by atoms with van der Waals surface area (Å²) in [5, 5.41) is 3.35. The first-order chi connectivity index (χ1) is 9.75. The molecule has 0 radical (unpaired) electrons. The third-order valence-corrected chi connectivity index (χ3v) is 3.87. The highest BCUT2D eigenvalue weighted by Crippen LogP contribution is 2.31. The van der Waals surface area contributed by atoms with Gasteiger partial charge in [-0.25, -0.2) is 4.39 Å². The first-order valence-corrected chi connectivity index (χ1v) is 7.00. The number of aryl methyl sites for hydroxylation is 1. The Morgan fingerprint density at radius 1 is 1.24 bits per heavy atom. The van der Waals surface area contributed by atoms with E-state index in [1.54, 1.807) is 12.3 Å². The minimum Gasteiger partial charge on any atom is -0.467 e. The minimum absolute atomic E-state index is 0. The Morgan fingerprint density at radius 2 is 2.00 bits per heavy atom. The fraction of sp³-hybridized carbons (Fsp3) is 0.375. The minimum atomic E-state index is -0.197. The van der Waals surface area contributed by atoms with Crippen molar-refractivity contribution in [3.63, 3.8) is 0 Å². The first kappa shape index (κ1) is 16.0. The lowest BCUT2D eigenvalue weighted by Crippen LogP contribution is -2.45. The first-order valence-electron chi connectivity index (χ1n) is 7.00. The largest absolute Gasteiger partial charge is 0.467 e. The molecule has 5 heteroatoms. The van der Waals surface area contributed by atoms with Gasteiger partial charge < -0.3 is 9.73 Å². The average Bonchev–Trinajstić information content (AvgIpc) is 2.98. The number of nitrogens with one attached hydrogen (secondary N) is 1. The van der Waals surface area contributed by atoms with E-state index in [-0.39, 0.29) is 24.3 Å². The molecule has 0 aliphatic carbocycles. The summed E-state index contributed by atoms with van der Waals surface area (Å²) in [5.41, 5.74) is 2.08. The van der Waals surface area contributed by atoms with Crippen LogP contribution in [0.2, 0.25) is 0 Å². The van der Waals surface area contributed by atoms with Gasteiger partial charge >= 0.3 is 0 Å². The maximum absolute atomic E-state index is 13.7. The van der Waals surface area contributed by atoms with E-state index in [2.05, 4.69) is 10.2 Å². The second-order valence-corrected chi connectivity index (χ2v) is 5.20. The van der Waals surface area contributed by atoms with Gasteiger partial charge in [-0.3, -0.25) is 4.90 Å². The number of furan rings is 1. The second-order valence-electron chi connectivity index (χ2n) is 5.20. The molecule has 2 aromatic rings. The zero-order valence-electron chi connectivity index (χ0n) is 12.0. The Balaban J connectivity index is 0.00000161.